The van der Waals surface area contributed by atoms with Gasteiger partial charge >= 0.3 is 0 Å². The van der Waals surface area contributed by atoms with E-state index in [0.717, 1.165) is 23.4 Å². The summed E-state index contributed by atoms with van der Waals surface area (Å²) in [7, 11) is 1.65. The fourth-order valence-electron chi connectivity index (χ4n) is 1.97. The molecule has 1 unspecified atom stereocenters. The molecule has 4 heteroatoms. The number of rotatable bonds is 6. The van der Waals surface area contributed by atoms with Crippen LogP contribution < -0.4 is 15.8 Å². The molecule has 1 amide bonds. The molecule has 4 nitrogen and oxygen atoms in total. The fraction of sp³-hybridized carbons (Fsp3) is 0.533. The van der Waals surface area contributed by atoms with Crippen LogP contribution in [0.15, 0.2) is 18.2 Å². The second kappa shape index (κ2) is 7.14. The number of nitrogens with two attached hydrogens (primary N) is 1. The number of anilines is 1. The van der Waals surface area contributed by atoms with E-state index in [1.165, 1.54) is 0 Å². The second-order valence-electron chi connectivity index (χ2n) is 4.94. The quantitative estimate of drug-likeness (QED) is 0.830. The third kappa shape index (κ3) is 3.96. The molecule has 1 aromatic rings. The molecule has 1 atom stereocenters. The third-order valence-corrected chi connectivity index (χ3v) is 3.27. The van der Waals surface area contributed by atoms with Crippen LogP contribution in [0.3, 0.4) is 0 Å². The molecule has 3 N–H and O–H groups in total. The van der Waals surface area contributed by atoms with Gasteiger partial charge in [-0.05, 0) is 36.1 Å². The number of hydrogen-bond acceptors (Lipinski definition) is 3. The number of benzene rings is 1. The molecule has 0 aliphatic rings. The molecule has 0 saturated carbocycles. The first kappa shape index (κ1) is 15.5. The van der Waals surface area contributed by atoms with E-state index in [9.17, 15) is 4.79 Å². The van der Waals surface area contributed by atoms with Crippen LogP contribution in [0.1, 0.15) is 38.7 Å². The molecule has 0 saturated heterocycles. The Morgan fingerprint density at radius 3 is 2.58 bits per heavy atom. The van der Waals surface area contributed by atoms with Gasteiger partial charge in [0.15, 0.2) is 0 Å². The first-order chi connectivity index (χ1) is 9.03. The van der Waals surface area contributed by atoms with Crippen molar-refractivity contribution in [3.63, 3.8) is 0 Å². The SMILES string of the molecule is CCC(CN)C(=O)Nc1ccc(OC)c(C(C)C)c1. The van der Waals surface area contributed by atoms with Crippen LogP contribution in [-0.4, -0.2) is 19.6 Å². The van der Waals surface area contributed by atoms with Crippen LogP contribution >= 0.6 is 0 Å². The van der Waals surface area contributed by atoms with Crippen molar-refractivity contribution in [2.24, 2.45) is 11.7 Å². The highest BCUT2D eigenvalue weighted by Crippen LogP contribution is 2.29. The predicted octanol–water partition coefficient (Wildman–Crippen LogP) is 2.74. The first-order valence-corrected chi connectivity index (χ1v) is 6.72. The molecule has 0 aromatic heterocycles. The highest BCUT2D eigenvalue weighted by atomic mass is 16.5. The summed E-state index contributed by atoms with van der Waals surface area (Å²) >= 11 is 0. The van der Waals surface area contributed by atoms with Gasteiger partial charge < -0.3 is 15.8 Å². The van der Waals surface area contributed by atoms with Crippen LogP contribution in [0.2, 0.25) is 0 Å². The fourth-order valence-corrected chi connectivity index (χ4v) is 1.97. The van der Waals surface area contributed by atoms with E-state index in [4.69, 9.17) is 10.5 Å². The zero-order chi connectivity index (χ0) is 14.4. The van der Waals surface area contributed by atoms with Crippen molar-refractivity contribution in [2.75, 3.05) is 19.0 Å². The van der Waals surface area contributed by atoms with Crippen LogP contribution in [0.5, 0.6) is 5.75 Å². The summed E-state index contributed by atoms with van der Waals surface area (Å²) < 4.78 is 5.32. The Morgan fingerprint density at radius 2 is 2.11 bits per heavy atom. The van der Waals surface area contributed by atoms with Gasteiger partial charge in [0.05, 0.1) is 13.0 Å². The van der Waals surface area contributed by atoms with E-state index >= 15 is 0 Å². The van der Waals surface area contributed by atoms with Gasteiger partial charge in [-0.1, -0.05) is 20.8 Å². The molecule has 0 aliphatic heterocycles. The van der Waals surface area contributed by atoms with Gasteiger partial charge in [-0.15, -0.1) is 0 Å². The number of amides is 1. The Balaban J connectivity index is 2.91. The van der Waals surface area contributed by atoms with Crippen LogP contribution in [-0.2, 0) is 4.79 Å². The number of hydrogen-bond donors (Lipinski definition) is 2. The summed E-state index contributed by atoms with van der Waals surface area (Å²) in [6.07, 6.45) is 0.746. The smallest absolute Gasteiger partial charge is 0.228 e. The minimum absolute atomic E-state index is 0.0233. The van der Waals surface area contributed by atoms with E-state index in [1.54, 1.807) is 7.11 Å². The van der Waals surface area contributed by atoms with Crippen molar-refractivity contribution in [3.8, 4) is 5.75 Å². The lowest BCUT2D eigenvalue weighted by atomic mass is 10.0. The number of nitrogens with one attached hydrogen (secondary N) is 1. The number of methoxy groups -OCH3 is 1. The summed E-state index contributed by atoms with van der Waals surface area (Å²) in [5, 5.41) is 2.92. The molecule has 1 aromatic carbocycles. The molecule has 19 heavy (non-hydrogen) atoms. The molecular weight excluding hydrogens is 240 g/mol. The highest BCUT2D eigenvalue weighted by Gasteiger charge is 2.15. The van der Waals surface area contributed by atoms with Gasteiger partial charge in [0, 0.05) is 12.2 Å². The number of carbonyl (C=O) groups is 1. The van der Waals surface area contributed by atoms with Crippen molar-refractivity contribution in [3.05, 3.63) is 23.8 Å². The third-order valence-electron chi connectivity index (χ3n) is 3.27. The summed E-state index contributed by atoms with van der Waals surface area (Å²) in [6, 6.07) is 5.70. The number of carbonyl (C=O) groups excluding carboxylic acids is 1. The van der Waals surface area contributed by atoms with Crippen LogP contribution in [0.25, 0.3) is 0 Å². The Labute approximate surface area is 115 Å². The molecule has 0 spiro atoms. The van der Waals surface area contributed by atoms with Crippen molar-refractivity contribution >= 4 is 11.6 Å². The van der Waals surface area contributed by atoms with Gasteiger partial charge in [0.25, 0.3) is 0 Å². The molecule has 106 valence electrons. The van der Waals surface area contributed by atoms with E-state index in [0.29, 0.717) is 12.5 Å². The van der Waals surface area contributed by atoms with Gasteiger partial charge in [0.1, 0.15) is 5.75 Å². The molecule has 1 rings (SSSR count). The minimum atomic E-state index is -0.135. The molecular formula is C15H24N2O2. The van der Waals surface area contributed by atoms with Crippen LogP contribution in [0, 0.1) is 5.92 Å². The summed E-state index contributed by atoms with van der Waals surface area (Å²) in [6.45, 7) is 6.52. The van der Waals surface area contributed by atoms with Gasteiger partial charge in [0.2, 0.25) is 5.91 Å². The topological polar surface area (TPSA) is 64.4 Å². The maximum atomic E-state index is 12.0. The van der Waals surface area contributed by atoms with Crippen LogP contribution in [0.4, 0.5) is 5.69 Å². The lowest BCUT2D eigenvalue weighted by molar-refractivity contribution is -0.119. The molecule has 0 aliphatic carbocycles. The lowest BCUT2D eigenvalue weighted by Crippen LogP contribution is -2.28. The summed E-state index contributed by atoms with van der Waals surface area (Å²) in [5.74, 6) is 1.02. The lowest BCUT2D eigenvalue weighted by Gasteiger charge is -2.16. The van der Waals surface area contributed by atoms with Crippen molar-refractivity contribution in [1.82, 2.24) is 0 Å². The summed E-state index contributed by atoms with van der Waals surface area (Å²) in [5.41, 5.74) is 7.46. The van der Waals surface area contributed by atoms with Crippen molar-refractivity contribution in [1.29, 1.82) is 0 Å². The maximum absolute atomic E-state index is 12.0. The zero-order valence-corrected chi connectivity index (χ0v) is 12.2. The van der Waals surface area contributed by atoms with E-state index in [-0.39, 0.29) is 11.8 Å². The average Bonchev–Trinajstić information content (AvgIpc) is 2.40. The van der Waals surface area contributed by atoms with Gasteiger partial charge in [-0.25, -0.2) is 0 Å². The highest BCUT2D eigenvalue weighted by molar-refractivity contribution is 5.92. The van der Waals surface area contributed by atoms with Gasteiger partial charge in [-0.2, -0.15) is 0 Å². The molecule has 0 heterocycles. The molecule has 0 radical (unpaired) electrons. The van der Waals surface area contributed by atoms with Crippen molar-refractivity contribution < 1.29 is 9.53 Å². The summed E-state index contributed by atoms with van der Waals surface area (Å²) in [4.78, 5) is 12.0. The standard InChI is InChI=1S/C15H24N2O2/c1-5-11(9-16)15(18)17-12-6-7-14(19-4)13(8-12)10(2)3/h6-8,10-11H,5,9,16H2,1-4H3,(H,17,18). The van der Waals surface area contributed by atoms with Crippen molar-refractivity contribution in [2.45, 2.75) is 33.1 Å². The minimum Gasteiger partial charge on any atom is -0.496 e. The maximum Gasteiger partial charge on any atom is 0.228 e. The Hall–Kier alpha value is -1.55. The molecule has 0 fully saturated rings. The Morgan fingerprint density at radius 1 is 1.42 bits per heavy atom. The first-order valence-electron chi connectivity index (χ1n) is 6.72. The van der Waals surface area contributed by atoms with Gasteiger partial charge in [-0.3, -0.25) is 4.79 Å². The Bertz CT molecular complexity index is 426. The van der Waals surface area contributed by atoms with E-state index in [1.807, 2.05) is 25.1 Å². The largest absolute Gasteiger partial charge is 0.496 e. The second-order valence-corrected chi connectivity index (χ2v) is 4.94. The monoisotopic (exact) mass is 264 g/mol. The van der Waals surface area contributed by atoms with E-state index in [2.05, 4.69) is 19.2 Å². The Kier molecular flexibility index (Phi) is 5.83. The van der Waals surface area contributed by atoms with E-state index < -0.39 is 0 Å². The number of ether oxygens (including phenoxy) is 1. The normalized spacial score (nSPS) is 12.3. The zero-order valence-electron chi connectivity index (χ0n) is 12.2. The average molecular weight is 264 g/mol. The molecule has 0 bridgehead atoms. The predicted molar refractivity (Wildman–Crippen MR) is 78.5 cm³/mol.